The molecule has 4 nitrogen and oxygen atoms in total. The Bertz CT molecular complexity index is 958. The van der Waals surface area contributed by atoms with Gasteiger partial charge in [0.15, 0.2) is 0 Å². The van der Waals surface area contributed by atoms with Crippen LogP contribution in [-0.2, 0) is 19.6 Å². The monoisotopic (exact) mass is 379 g/mol. The number of aliphatic hydroxyl groups is 1. The molecule has 1 aromatic heterocycles. The Balaban J connectivity index is 1.95. The topological polar surface area (TPSA) is 61.8 Å². The average molecular weight is 380 g/mol. The number of benzene rings is 2. The Morgan fingerprint density at radius 1 is 1.19 bits per heavy atom. The lowest BCUT2D eigenvalue weighted by atomic mass is 9.98. The van der Waals surface area contributed by atoms with Crippen LogP contribution in [0.15, 0.2) is 48.5 Å². The number of aryl methyl sites for hydroxylation is 1. The van der Waals surface area contributed by atoms with Crippen molar-refractivity contribution in [1.82, 2.24) is 9.55 Å². The van der Waals surface area contributed by atoms with Gasteiger partial charge in [0, 0.05) is 6.42 Å². The zero-order valence-corrected chi connectivity index (χ0v) is 16.1. The minimum absolute atomic E-state index is 0.179. The van der Waals surface area contributed by atoms with Crippen LogP contribution in [0.1, 0.15) is 42.4 Å². The molecule has 1 heterocycles. The Kier molecular flexibility index (Phi) is 6.28. The van der Waals surface area contributed by atoms with Gasteiger partial charge in [-0.25, -0.2) is 4.98 Å². The van der Waals surface area contributed by atoms with E-state index < -0.39 is 0 Å². The Hall–Kier alpha value is -2.61. The summed E-state index contributed by atoms with van der Waals surface area (Å²) in [6.07, 6.45) is 2.88. The first-order valence-corrected chi connectivity index (χ1v) is 9.48. The SMILES string of the molecule is CCCCc1nc(CO)c(Cl)n1Cc1ccc(-c2ccccc2)c(C#N)c1. The van der Waals surface area contributed by atoms with E-state index in [-0.39, 0.29) is 6.61 Å². The summed E-state index contributed by atoms with van der Waals surface area (Å²) in [7, 11) is 0. The molecule has 0 bridgehead atoms. The van der Waals surface area contributed by atoms with Crippen molar-refractivity contribution >= 4 is 11.6 Å². The highest BCUT2D eigenvalue weighted by Crippen LogP contribution is 2.26. The van der Waals surface area contributed by atoms with Crippen molar-refractivity contribution < 1.29 is 5.11 Å². The summed E-state index contributed by atoms with van der Waals surface area (Å²) in [6, 6.07) is 18.1. The summed E-state index contributed by atoms with van der Waals surface area (Å²) in [5.41, 5.74) is 4.05. The lowest BCUT2D eigenvalue weighted by molar-refractivity contribution is 0.277. The number of hydrogen-bond donors (Lipinski definition) is 1. The predicted octanol–water partition coefficient (Wildman–Crippen LogP) is 4.96. The maximum atomic E-state index is 9.61. The summed E-state index contributed by atoms with van der Waals surface area (Å²) in [5, 5.41) is 19.6. The molecule has 0 amide bonds. The van der Waals surface area contributed by atoms with E-state index in [0.717, 1.165) is 41.8 Å². The van der Waals surface area contributed by atoms with Crippen molar-refractivity contribution in [1.29, 1.82) is 5.26 Å². The molecule has 0 aliphatic carbocycles. The fourth-order valence-corrected chi connectivity index (χ4v) is 3.41. The molecule has 27 heavy (non-hydrogen) atoms. The molecule has 0 fully saturated rings. The van der Waals surface area contributed by atoms with Gasteiger partial charge >= 0.3 is 0 Å². The van der Waals surface area contributed by atoms with E-state index in [1.807, 2.05) is 53.1 Å². The number of nitrogens with zero attached hydrogens (tertiary/aromatic N) is 3. The first-order valence-electron chi connectivity index (χ1n) is 9.11. The molecule has 0 saturated carbocycles. The number of nitriles is 1. The Morgan fingerprint density at radius 3 is 2.63 bits per heavy atom. The molecule has 5 heteroatoms. The van der Waals surface area contributed by atoms with E-state index in [1.165, 1.54) is 0 Å². The quantitative estimate of drug-likeness (QED) is 0.631. The third-order valence-corrected chi connectivity index (χ3v) is 5.01. The Labute approximate surface area is 164 Å². The van der Waals surface area contributed by atoms with Gasteiger partial charge in [0.2, 0.25) is 0 Å². The van der Waals surface area contributed by atoms with Gasteiger partial charge in [0.05, 0.1) is 24.8 Å². The first-order chi connectivity index (χ1) is 13.2. The van der Waals surface area contributed by atoms with Crippen LogP contribution in [0.3, 0.4) is 0 Å². The van der Waals surface area contributed by atoms with Gasteiger partial charge in [-0.15, -0.1) is 0 Å². The van der Waals surface area contributed by atoms with Crippen LogP contribution in [-0.4, -0.2) is 14.7 Å². The minimum atomic E-state index is -0.179. The summed E-state index contributed by atoms with van der Waals surface area (Å²) in [5.74, 6) is 0.872. The summed E-state index contributed by atoms with van der Waals surface area (Å²) in [6.45, 7) is 2.47. The largest absolute Gasteiger partial charge is 0.390 e. The molecule has 0 atom stereocenters. The molecule has 0 aliphatic rings. The van der Waals surface area contributed by atoms with Crippen LogP contribution in [0, 0.1) is 11.3 Å². The highest BCUT2D eigenvalue weighted by Gasteiger charge is 2.15. The van der Waals surface area contributed by atoms with E-state index in [0.29, 0.717) is 23.0 Å². The van der Waals surface area contributed by atoms with Crippen LogP contribution in [0.4, 0.5) is 0 Å². The highest BCUT2D eigenvalue weighted by atomic mass is 35.5. The smallest absolute Gasteiger partial charge is 0.134 e. The van der Waals surface area contributed by atoms with E-state index in [1.54, 1.807) is 0 Å². The maximum absolute atomic E-state index is 9.61. The average Bonchev–Trinajstić information content (AvgIpc) is 3.01. The maximum Gasteiger partial charge on any atom is 0.134 e. The lowest BCUT2D eigenvalue weighted by Gasteiger charge is -2.11. The van der Waals surface area contributed by atoms with Gasteiger partial charge in [-0.2, -0.15) is 5.26 Å². The third kappa shape index (κ3) is 4.21. The van der Waals surface area contributed by atoms with Crippen molar-refractivity contribution in [2.45, 2.75) is 39.3 Å². The summed E-state index contributed by atoms with van der Waals surface area (Å²) < 4.78 is 1.93. The van der Waals surface area contributed by atoms with Gasteiger partial charge < -0.3 is 9.67 Å². The molecular weight excluding hydrogens is 358 g/mol. The second kappa shape index (κ2) is 8.85. The van der Waals surface area contributed by atoms with Crippen LogP contribution in [0.2, 0.25) is 5.15 Å². The van der Waals surface area contributed by atoms with E-state index >= 15 is 0 Å². The molecule has 1 N–H and O–H groups in total. The van der Waals surface area contributed by atoms with Gasteiger partial charge in [0.25, 0.3) is 0 Å². The number of rotatable bonds is 7. The van der Waals surface area contributed by atoms with Crippen molar-refractivity contribution in [3.05, 3.63) is 76.3 Å². The summed E-state index contributed by atoms with van der Waals surface area (Å²) in [4.78, 5) is 4.49. The molecule has 3 aromatic rings. The van der Waals surface area contributed by atoms with E-state index in [9.17, 15) is 10.4 Å². The number of unbranched alkanes of at least 4 members (excludes halogenated alkanes) is 1. The highest BCUT2D eigenvalue weighted by molar-refractivity contribution is 6.30. The Morgan fingerprint density at radius 2 is 1.96 bits per heavy atom. The molecule has 0 unspecified atom stereocenters. The fourth-order valence-electron chi connectivity index (χ4n) is 3.15. The number of hydrogen-bond acceptors (Lipinski definition) is 3. The second-order valence-corrected chi connectivity index (χ2v) is 6.83. The van der Waals surface area contributed by atoms with E-state index in [4.69, 9.17) is 11.6 Å². The predicted molar refractivity (Wildman–Crippen MR) is 107 cm³/mol. The molecule has 138 valence electrons. The van der Waals surface area contributed by atoms with Crippen molar-refractivity contribution in [2.75, 3.05) is 0 Å². The van der Waals surface area contributed by atoms with Crippen LogP contribution in [0.5, 0.6) is 0 Å². The number of aliphatic hydroxyl groups excluding tert-OH is 1. The zero-order valence-electron chi connectivity index (χ0n) is 15.3. The second-order valence-electron chi connectivity index (χ2n) is 6.47. The first kappa shape index (κ1) is 19.2. The molecular formula is C22H22ClN3O. The van der Waals surface area contributed by atoms with Crippen LogP contribution < -0.4 is 0 Å². The molecule has 2 aromatic carbocycles. The molecule has 0 radical (unpaired) electrons. The van der Waals surface area contributed by atoms with Crippen molar-refractivity contribution in [3.8, 4) is 17.2 Å². The van der Waals surface area contributed by atoms with Gasteiger partial charge in [-0.05, 0) is 29.2 Å². The van der Waals surface area contributed by atoms with Gasteiger partial charge in [-0.1, -0.05) is 67.4 Å². The standard InChI is InChI=1S/C22H22ClN3O/c1-2-3-9-21-25-20(15-27)22(23)26(21)14-16-10-11-19(18(12-16)13-24)17-7-5-4-6-8-17/h4-8,10-12,27H,2-3,9,14-15H2,1H3. The normalized spacial score (nSPS) is 10.7. The zero-order chi connectivity index (χ0) is 19.2. The number of halogens is 1. The van der Waals surface area contributed by atoms with E-state index in [2.05, 4.69) is 18.0 Å². The minimum Gasteiger partial charge on any atom is -0.390 e. The third-order valence-electron chi connectivity index (χ3n) is 4.58. The summed E-state index contributed by atoms with van der Waals surface area (Å²) >= 11 is 6.43. The van der Waals surface area contributed by atoms with Crippen LogP contribution in [0.25, 0.3) is 11.1 Å². The lowest BCUT2D eigenvalue weighted by Crippen LogP contribution is -2.06. The van der Waals surface area contributed by atoms with Gasteiger partial charge in [-0.3, -0.25) is 0 Å². The van der Waals surface area contributed by atoms with Crippen molar-refractivity contribution in [3.63, 3.8) is 0 Å². The fraction of sp³-hybridized carbons (Fsp3) is 0.273. The van der Waals surface area contributed by atoms with Crippen molar-refractivity contribution in [2.24, 2.45) is 0 Å². The molecule has 3 rings (SSSR count). The molecule has 0 spiro atoms. The number of aromatic nitrogens is 2. The van der Waals surface area contributed by atoms with Gasteiger partial charge in [0.1, 0.15) is 16.7 Å². The van der Waals surface area contributed by atoms with Crippen LogP contribution >= 0.6 is 11.6 Å². The number of imidazole rings is 1. The molecule has 0 aliphatic heterocycles. The molecule has 0 saturated heterocycles.